The number of fused-ring (bicyclic) bond motifs is 1. The minimum absolute atomic E-state index is 0.110. The van der Waals surface area contributed by atoms with Gasteiger partial charge in [0.05, 0.1) is 22.1 Å². The molecule has 0 fully saturated rings. The summed E-state index contributed by atoms with van der Waals surface area (Å²) in [5.41, 5.74) is 3.27. The largest absolute Gasteiger partial charge is 0.481 e. The topological polar surface area (TPSA) is 91.3 Å². The summed E-state index contributed by atoms with van der Waals surface area (Å²) in [4.78, 5) is 26.3. The fourth-order valence-corrected chi connectivity index (χ4v) is 2.35. The number of thiazole rings is 1. The maximum absolute atomic E-state index is 11.7. The van der Waals surface area contributed by atoms with Gasteiger partial charge >= 0.3 is 12.0 Å². The molecule has 3 N–H and O–H groups in total. The Morgan fingerprint density at radius 2 is 2.26 bits per heavy atom. The molecule has 1 heterocycles. The van der Waals surface area contributed by atoms with Crippen LogP contribution in [0.25, 0.3) is 10.2 Å². The summed E-state index contributed by atoms with van der Waals surface area (Å²) in [6, 6.07) is 4.56. The van der Waals surface area contributed by atoms with E-state index in [1.54, 1.807) is 18.5 Å². The normalized spacial score (nSPS) is 12.1. The van der Waals surface area contributed by atoms with Crippen LogP contribution in [0.1, 0.15) is 13.3 Å². The van der Waals surface area contributed by atoms with Crippen molar-refractivity contribution in [2.45, 2.75) is 19.4 Å². The van der Waals surface area contributed by atoms with Crippen molar-refractivity contribution in [3.63, 3.8) is 0 Å². The molecule has 0 aliphatic carbocycles. The van der Waals surface area contributed by atoms with Crippen LogP contribution >= 0.6 is 11.3 Å². The molecule has 2 amide bonds. The van der Waals surface area contributed by atoms with E-state index >= 15 is 0 Å². The lowest BCUT2D eigenvalue weighted by atomic mass is 10.2. The van der Waals surface area contributed by atoms with Gasteiger partial charge in [0.25, 0.3) is 0 Å². The molecule has 0 radical (unpaired) electrons. The standard InChI is InChI=1S/C12H13N3O3S/c1-7(4-11(16)17)14-12(18)15-8-2-3-9-10(5-8)19-6-13-9/h2-3,5-7H,4H2,1H3,(H,16,17)(H2,14,15,18). The van der Waals surface area contributed by atoms with E-state index < -0.39 is 18.0 Å². The number of carbonyl (C=O) groups is 2. The minimum atomic E-state index is -0.945. The van der Waals surface area contributed by atoms with Gasteiger partial charge in [-0.1, -0.05) is 0 Å². The second-order valence-corrected chi connectivity index (χ2v) is 5.02. The van der Waals surface area contributed by atoms with Crippen LogP contribution in [0.3, 0.4) is 0 Å². The van der Waals surface area contributed by atoms with Crippen LogP contribution in [0.4, 0.5) is 10.5 Å². The van der Waals surface area contributed by atoms with E-state index in [1.807, 2.05) is 12.1 Å². The van der Waals surface area contributed by atoms with Gasteiger partial charge < -0.3 is 15.7 Å². The molecule has 0 saturated heterocycles. The number of aromatic nitrogens is 1. The molecule has 0 spiro atoms. The van der Waals surface area contributed by atoms with Gasteiger partial charge in [0.1, 0.15) is 0 Å². The zero-order chi connectivity index (χ0) is 13.8. The average molecular weight is 279 g/mol. The SMILES string of the molecule is CC(CC(=O)O)NC(=O)Nc1ccc2ncsc2c1. The minimum Gasteiger partial charge on any atom is -0.481 e. The van der Waals surface area contributed by atoms with E-state index in [0.717, 1.165) is 10.2 Å². The van der Waals surface area contributed by atoms with Crippen LogP contribution in [-0.4, -0.2) is 28.1 Å². The second-order valence-electron chi connectivity index (χ2n) is 4.13. The predicted octanol–water partition coefficient (Wildman–Crippen LogP) is 2.28. The zero-order valence-electron chi connectivity index (χ0n) is 10.2. The maximum atomic E-state index is 11.7. The number of hydrogen-bond donors (Lipinski definition) is 3. The number of carbonyl (C=O) groups excluding carboxylic acids is 1. The summed E-state index contributed by atoms with van der Waals surface area (Å²) < 4.78 is 0.983. The first-order chi connectivity index (χ1) is 9.04. The quantitative estimate of drug-likeness (QED) is 0.800. The molecular weight excluding hydrogens is 266 g/mol. The van der Waals surface area contributed by atoms with E-state index in [9.17, 15) is 9.59 Å². The molecule has 6 nitrogen and oxygen atoms in total. The Morgan fingerprint density at radius 1 is 1.47 bits per heavy atom. The van der Waals surface area contributed by atoms with Crippen molar-refractivity contribution in [1.29, 1.82) is 0 Å². The number of carboxylic acids is 1. The molecule has 1 unspecified atom stereocenters. The van der Waals surface area contributed by atoms with Crippen molar-refractivity contribution in [2.75, 3.05) is 5.32 Å². The predicted molar refractivity (Wildman–Crippen MR) is 73.5 cm³/mol. The molecule has 1 atom stereocenters. The van der Waals surface area contributed by atoms with Crippen molar-refractivity contribution in [3.8, 4) is 0 Å². The third-order valence-electron chi connectivity index (χ3n) is 2.45. The lowest BCUT2D eigenvalue weighted by molar-refractivity contribution is -0.137. The van der Waals surface area contributed by atoms with E-state index in [-0.39, 0.29) is 6.42 Å². The van der Waals surface area contributed by atoms with Gasteiger partial charge in [-0.2, -0.15) is 0 Å². The van der Waals surface area contributed by atoms with E-state index in [2.05, 4.69) is 15.6 Å². The number of nitrogens with zero attached hydrogens (tertiary/aromatic N) is 1. The highest BCUT2D eigenvalue weighted by atomic mass is 32.1. The number of urea groups is 1. The molecule has 19 heavy (non-hydrogen) atoms. The molecule has 0 saturated carbocycles. The molecule has 0 aliphatic rings. The highest BCUT2D eigenvalue weighted by molar-refractivity contribution is 7.16. The molecule has 0 bridgehead atoms. The zero-order valence-corrected chi connectivity index (χ0v) is 11.0. The fourth-order valence-electron chi connectivity index (χ4n) is 1.64. The summed E-state index contributed by atoms with van der Waals surface area (Å²) in [5, 5.41) is 13.8. The third-order valence-corrected chi connectivity index (χ3v) is 3.24. The molecule has 1 aromatic heterocycles. The van der Waals surface area contributed by atoms with Crippen LogP contribution in [0.15, 0.2) is 23.7 Å². The van der Waals surface area contributed by atoms with Crippen molar-refractivity contribution in [1.82, 2.24) is 10.3 Å². The summed E-state index contributed by atoms with van der Waals surface area (Å²) >= 11 is 1.49. The lowest BCUT2D eigenvalue weighted by Gasteiger charge is -2.12. The van der Waals surface area contributed by atoms with Crippen LogP contribution in [0.5, 0.6) is 0 Å². The molecule has 2 rings (SSSR count). The molecule has 100 valence electrons. The van der Waals surface area contributed by atoms with Crippen LogP contribution in [0, 0.1) is 0 Å². The Kier molecular flexibility index (Phi) is 3.96. The fraction of sp³-hybridized carbons (Fsp3) is 0.250. The van der Waals surface area contributed by atoms with Gasteiger partial charge in [-0.25, -0.2) is 9.78 Å². The number of hydrogen-bond acceptors (Lipinski definition) is 4. The second kappa shape index (κ2) is 5.66. The van der Waals surface area contributed by atoms with Gasteiger partial charge in [-0.15, -0.1) is 11.3 Å². The Morgan fingerprint density at radius 3 is 3.00 bits per heavy atom. The van der Waals surface area contributed by atoms with Gasteiger partial charge in [0.15, 0.2) is 0 Å². The molecule has 7 heteroatoms. The Hall–Kier alpha value is -2.15. The highest BCUT2D eigenvalue weighted by Gasteiger charge is 2.11. The van der Waals surface area contributed by atoms with E-state index in [1.165, 1.54) is 11.3 Å². The Labute approximate surface area is 113 Å². The summed E-state index contributed by atoms with van der Waals surface area (Å²) in [5.74, 6) is -0.945. The van der Waals surface area contributed by atoms with Gasteiger partial charge in [0.2, 0.25) is 0 Å². The van der Waals surface area contributed by atoms with E-state index in [4.69, 9.17) is 5.11 Å². The Bertz CT molecular complexity index is 611. The maximum Gasteiger partial charge on any atom is 0.319 e. The van der Waals surface area contributed by atoms with Gasteiger partial charge in [-0.05, 0) is 25.1 Å². The number of nitrogens with one attached hydrogen (secondary N) is 2. The molecule has 1 aromatic carbocycles. The average Bonchev–Trinajstić information content (AvgIpc) is 2.74. The number of amides is 2. The van der Waals surface area contributed by atoms with Crippen LogP contribution < -0.4 is 10.6 Å². The number of carboxylic acid groups (broad SMARTS) is 1. The van der Waals surface area contributed by atoms with Gasteiger partial charge in [-0.3, -0.25) is 4.79 Å². The van der Waals surface area contributed by atoms with E-state index in [0.29, 0.717) is 5.69 Å². The molecular formula is C12H13N3O3S. The number of rotatable bonds is 4. The monoisotopic (exact) mass is 279 g/mol. The summed E-state index contributed by atoms with van der Waals surface area (Å²) in [6.07, 6.45) is -0.110. The van der Waals surface area contributed by atoms with Crippen LogP contribution in [0.2, 0.25) is 0 Å². The Balaban J connectivity index is 1.96. The first kappa shape index (κ1) is 13.3. The van der Waals surface area contributed by atoms with Crippen molar-refractivity contribution >= 4 is 39.2 Å². The van der Waals surface area contributed by atoms with Gasteiger partial charge in [0, 0.05) is 11.7 Å². The number of anilines is 1. The number of aliphatic carboxylic acids is 1. The van der Waals surface area contributed by atoms with Crippen molar-refractivity contribution < 1.29 is 14.7 Å². The van der Waals surface area contributed by atoms with Crippen LogP contribution in [-0.2, 0) is 4.79 Å². The third kappa shape index (κ3) is 3.65. The van der Waals surface area contributed by atoms with Crippen molar-refractivity contribution in [2.24, 2.45) is 0 Å². The molecule has 2 aromatic rings. The summed E-state index contributed by atoms with van der Waals surface area (Å²) in [6.45, 7) is 1.64. The first-order valence-corrected chi connectivity index (χ1v) is 6.55. The summed E-state index contributed by atoms with van der Waals surface area (Å²) in [7, 11) is 0. The lowest BCUT2D eigenvalue weighted by Crippen LogP contribution is -2.37. The highest BCUT2D eigenvalue weighted by Crippen LogP contribution is 2.21. The van der Waals surface area contributed by atoms with Crippen molar-refractivity contribution in [3.05, 3.63) is 23.7 Å². The molecule has 0 aliphatic heterocycles. The smallest absolute Gasteiger partial charge is 0.319 e. The first-order valence-electron chi connectivity index (χ1n) is 5.67. The number of benzene rings is 1.